The zero-order chi connectivity index (χ0) is 18.6. The van der Waals surface area contributed by atoms with Crippen molar-refractivity contribution in [3.8, 4) is 0 Å². The third-order valence-electron chi connectivity index (χ3n) is 7.54. The molecule has 3 aliphatic rings. The molecule has 2 aliphatic carbocycles. The third kappa shape index (κ3) is 2.79. The van der Waals surface area contributed by atoms with Crippen molar-refractivity contribution in [2.24, 2.45) is 22.7 Å². The van der Waals surface area contributed by atoms with Gasteiger partial charge in [-0.05, 0) is 63.2 Å². The normalized spacial score (nSPS) is 43.4. The lowest BCUT2D eigenvalue weighted by Crippen LogP contribution is -2.54. The molecule has 2 saturated carbocycles. The highest BCUT2D eigenvalue weighted by Crippen LogP contribution is 2.62. The molecule has 0 bridgehead atoms. The van der Waals surface area contributed by atoms with Crippen molar-refractivity contribution in [3.63, 3.8) is 0 Å². The molecule has 0 aromatic heterocycles. The number of aliphatic carboxylic acids is 1. The van der Waals surface area contributed by atoms with E-state index in [2.05, 4.69) is 13.5 Å². The van der Waals surface area contributed by atoms with Crippen LogP contribution in [0.5, 0.6) is 0 Å². The molecule has 3 rings (SSSR count). The molecular weight excluding hydrogens is 336 g/mol. The minimum Gasteiger partial charge on any atom is -0.481 e. The number of allylic oxidation sites excluding steroid dienone is 1. The molecule has 0 unspecified atom stereocenters. The SMILES string of the molecule is C=C1CC[C@@H]2[C@](C)(CCC[C@]2(C)C(=O)O)[C@H]1C[C@H]1C(C)=CCS1(=O)=O. The summed E-state index contributed by atoms with van der Waals surface area (Å²) < 4.78 is 25.0. The number of carboxylic acid groups (broad SMARTS) is 1. The number of sulfone groups is 1. The maximum absolute atomic E-state index is 12.5. The van der Waals surface area contributed by atoms with Crippen LogP contribution < -0.4 is 0 Å². The van der Waals surface area contributed by atoms with Crippen molar-refractivity contribution >= 4 is 15.8 Å². The summed E-state index contributed by atoms with van der Waals surface area (Å²) in [6.45, 7) is 10.3. The lowest BCUT2D eigenvalue weighted by Gasteiger charge is -2.57. The summed E-state index contributed by atoms with van der Waals surface area (Å²) in [5.74, 6) is -0.420. The molecule has 0 amide bonds. The first-order valence-corrected chi connectivity index (χ1v) is 11.0. The lowest BCUT2D eigenvalue weighted by atomic mass is 9.46. The van der Waals surface area contributed by atoms with E-state index in [9.17, 15) is 18.3 Å². The monoisotopic (exact) mass is 366 g/mol. The average molecular weight is 367 g/mol. The minimum atomic E-state index is -3.12. The van der Waals surface area contributed by atoms with E-state index in [0.717, 1.165) is 36.8 Å². The standard InChI is InChI=1S/C20H30O4S/c1-13-6-7-17-19(3,9-5-10-20(17,4)18(21)22)15(13)12-16-14(2)8-11-25(16,23)24/h8,15-17H,1,5-7,9-12H2,2-4H3,(H,21,22)/t15-,16-,17+,19+,20-/m0/s1. The van der Waals surface area contributed by atoms with Gasteiger partial charge >= 0.3 is 5.97 Å². The van der Waals surface area contributed by atoms with Gasteiger partial charge in [-0.25, -0.2) is 8.42 Å². The Labute approximate surface area is 151 Å². The van der Waals surface area contributed by atoms with Crippen molar-refractivity contribution < 1.29 is 18.3 Å². The van der Waals surface area contributed by atoms with Crippen LogP contribution in [-0.2, 0) is 14.6 Å². The first-order valence-electron chi connectivity index (χ1n) is 9.31. The van der Waals surface area contributed by atoms with Crippen molar-refractivity contribution in [2.75, 3.05) is 5.75 Å². The molecule has 5 atom stereocenters. The van der Waals surface area contributed by atoms with Gasteiger partial charge in [0.15, 0.2) is 9.84 Å². The number of carboxylic acids is 1. The second-order valence-electron chi connectivity index (χ2n) is 8.89. The van der Waals surface area contributed by atoms with Crippen LogP contribution >= 0.6 is 0 Å². The smallest absolute Gasteiger partial charge is 0.309 e. The van der Waals surface area contributed by atoms with Gasteiger partial charge in [0.25, 0.3) is 0 Å². The summed E-state index contributed by atoms with van der Waals surface area (Å²) in [5, 5.41) is 9.46. The molecule has 5 heteroatoms. The fourth-order valence-electron chi connectivity index (χ4n) is 5.97. The molecule has 0 saturated heterocycles. The van der Waals surface area contributed by atoms with Crippen LogP contribution in [0.1, 0.15) is 59.3 Å². The molecule has 140 valence electrons. The van der Waals surface area contributed by atoms with E-state index in [1.165, 1.54) is 0 Å². The molecule has 25 heavy (non-hydrogen) atoms. The Bertz CT molecular complexity index is 735. The molecule has 0 spiro atoms. The largest absolute Gasteiger partial charge is 0.481 e. The van der Waals surface area contributed by atoms with Gasteiger partial charge in [-0.15, -0.1) is 0 Å². The number of hydrogen-bond acceptors (Lipinski definition) is 3. The van der Waals surface area contributed by atoms with Gasteiger partial charge in [0.2, 0.25) is 0 Å². The van der Waals surface area contributed by atoms with E-state index in [4.69, 9.17) is 0 Å². The summed E-state index contributed by atoms with van der Waals surface area (Å²) in [6.07, 6.45) is 6.60. The lowest BCUT2D eigenvalue weighted by molar-refractivity contribution is -0.164. The highest BCUT2D eigenvalue weighted by molar-refractivity contribution is 7.92. The number of rotatable bonds is 3. The maximum Gasteiger partial charge on any atom is 0.309 e. The van der Waals surface area contributed by atoms with E-state index < -0.39 is 26.5 Å². The number of carbonyl (C=O) groups is 1. The van der Waals surface area contributed by atoms with E-state index in [1.54, 1.807) is 0 Å². The fraction of sp³-hybridized carbons (Fsp3) is 0.750. The Kier molecular flexibility index (Phi) is 4.46. The van der Waals surface area contributed by atoms with Gasteiger partial charge < -0.3 is 5.11 Å². The number of fused-ring (bicyclic) bond motifs is 1. The van der Waals surface area contributed by atoms with Crippen molar-refractivity contribution in [3.05, 3.63) is 23.8 Å². The Hall–Kier alpha value is -1.10. The van der Waals surface area contributed by atoms with Gasteiger partial charge in [0.1, 0.15) is 0 Å². The van der Waals surface area contributed by atoms with Crippen molar-refractivity contribution in [1.82, 2.24) is 0 Å². The highest BCUT2D eigenvalue weighted by atomic mass is 32.2. The topological polar surface area (TPSA) is 71.4 Å². The predicted molar refractivity (Wildman–Crippen MR) is 99.0 cm³/mol. The predicted octanol–water partition coefficient (Wildman–Crippen LogP) is 3.98. The van der Waals surface area contributed by atoms with Crippen LogP contribution in [0.2, 0.25) is 0 Å². The molecule has 0 radical (unpaired) electrons. The summed E-state index contributed by atoms with van der Waals surface area (Å²) in [5.41, 5.74) is 1.16. The first kappa shape index (κ1) is 18.7. The highest BCUT2D eigenvalue weighted by Gasteiger charge is 2.58. The summed E-state index contributed by atoms with van der Waals surface area (Å²) in [7, 11) is -3.12. The van der Waals surface area contributed by atoms with Crippen LogP contribution in [0.15, 0.2) is 23.8 Å². The molecule has 1 aliphatic heterocycles. The molecule has 2 fully saturated rings. The molecule has 0 aromatic rings. The van der Waals surface area contributed by atoms with E-state index in [-0.39, 0.29) is 23.0 Å². The molecule has 1 heterocycles. The Morgan fingerprint density at radius 3 is 2.60 bits per heavy atom. The summed E-state index contributed by atoms with van der Waals surface area (Å²) in [4.78, 5) is 12.0. The van der Waals surface area contributed by atoms with Crippen LogP contribution in [0, 0.1) is 22.7 Å². The molecule has 1 N–H and O–H groups in total. The third-order valence-corrected chi connectivity index (χ3v) is 9.60. The van der Waals surface area contributed by atoms with Crippen LogP contribution in [0.4, 0.5) is 0 Å². The first-order chi connectivity index (χ1) is 11.5. The summed E-state index contributed by atoms with van der Waals surface area (Å²) >= 11 is 0. The fourth-order valence-corrected chi connectivity index (χ4v) is 7.84. The Morgan fingerprint density at radius 2 is 2.04 bits per heavy atom. The van der Waals surface area contributed by atoms with E-state index in [0.29, 0.717) is 12.8 Å². The van der Waals surface area contributed by atoms with Gasteiger partial charge in [-0.3, -0.25) is 4.79 Å². The molecular formula is C20H30O4S. The van der Waals surface area contributed by atoms with E-state index >= 15 is 0 Å². The van der Waals surface area contributed by atoms with Gasteiger partial charge in [-0.2, -0.15) is 0 Å². The van der Waals surface area contributed by atoms with Gasteiger partial charge in [-0.1, -0.05) is 37.1 Å². The maximum atomic E-state index is 12.5. The Balaban J connectivity index is 1.97. The van der Waals surface area contributed by atoms with Crippen LogP contribution in [0.3, 0.4) is 0 Å². The summed E-state index contributed by atoms with van der Waals surface area (Å²) in [6, 6.07) is 0. The zero-order valence-electron chi connectivity index (χ0n) is 15.5. The zero-order valence-corrected chi connectivity index (χ0v) is 16.4. The van der Waals surface area contributed by atoms with Crippen molar-refractivity contribution in [2.45, 2.75) is 64.5 Å². The second-order valence-corrected chi connectivity index (χ2v) is 11.1. The van der Waals surface area contributed by atoms with E-state index in [1.807, 2.05) is 19.9 Å². The van der Waals surface area contributed by atoms with Crippen LogP contribution in [-0.4, -0.2) is 30.5 Å². The van der Waals surface area contributed by atoms with Gasteiger partial charge in [0, 0.05) is 0 Å². The average Bonchev–Trinajstić information content (AvgIpc) is 2.76. The molecule has 4 nitrogen and oxygen atoms in total. The van der Waals surface area contributed by atoms with Crippen molar-refractivity contribution in [1.29, 1.82) is 0 Å². The molecule has 0 aromatic carbocycles. The number of hydrogen-bond donors (Lipinski definition) is 1. The second kappa shape index (κ2) is 5.97. The minimum absolute atomic E-state index is 0.0754. The van der Waals surface area contributed by atoms with Crippen LogP contribution in [0.25, 0.3) is 0 Å². The van der Waals surface area contributed by atoms with Gasteiger partial charge in [0.05, 0.1) is 16.4 Å². The quantitative estimate of drug-likeness (QED) is 0.767. The Morgan fingerprint density at radius 1 is 1.36 bits per heavy atom.